The maximum absolute atomic E-state index is 12.6. The number of rotatable bonds is 2. The van der Waals surface area contributed by atoms with Crippen molar-refractivity contribution in [3.05, 3.63) is 29.3 Å². The summed E-state index contributed by atoms with van der Waals surface area (Å²) in [5, 5.41) is 12.8. The lowest BCUT2D eigenvalue weighted by atomic mass is 9.99. The topological polar surface area (TPSA) is 72.9 Å². The molecule has 2 aliphatic heterocycles. The fourth-order valence-electron chi connectivity index (χ4n) is 3.82. The van der Waals surface area contributed by atoms with Crippen LogP contribution in [-0.4, -0.2) is 52.5 Å². The van der Waals surface area contributed by atoms with Gasteiger partial charge in [0.25, 0.3) is 0 Å². The van der Waals surface area contributed by atoms with Crippen LogP contribution in [0, 0.1) is 5.92 Å². The Hall–Kier alpha value is -2.24. The number of hydrogen-bond acceptors (Lipinski definition) is 3. The second kappa shape index (κ2) is 6.58. The molecule has 1 aromatic rings. The number of nitrogens with zero attached hydrogens (tertiary/aromatic N) is 2. The molecule has 1 saturated heterocycles. The number of phenolic OH excluding ortho intramolecular Hbond substituents is 1. The molecule has 6 heteroatoms. The molecule has 0 aromatic heterocycles. The Morgan fingerprint density at radius 2 is 1.76 bits per heavy atom. The summed E-state index contributed by atoms with van der Waals surface area (Å²) in [4.78, 5) is 28.4. The average molecular weight is 343 g/mol. The third kappa shape index (κ3) is 3.57. The zero-order valence-electron chi connectivity index (χ0n) is 14.4. The van der Waals surface area contributed by atoms with Crippen LogP contribution < -0.4 is 5.32 Å². The maximum atomic E-state index is 12.6. The van der Waals surface area contributed by atoms with E-state index in [0.717, 1.165) is 50.8 Å². The number of aromatic hydroxyl groups is 1. The summed E-state index contributed by atoms with van der Waals surface area (Å²) in [5.41, 5.74) is 2.22. The largest absolute Gasteiger partial charge is 0.508 e. The summed E-state index contributed by atoms with van der Waals surface area (Å²) in [6.07, 6.45) is 4.56. The van der Waals surface area contributed by atoms with Gasteiger partial charge in [-0.2, -0.15) is 0 Å². The molecule has 1 aromatic carbocycles. The third-order valence-corrected chi connectivity index (χ3v) is 5.55. The van der Waals surface area contributed by atoms with Gasteiger partial charge in [-0.05, 0) is 55.4 Å². The Labute approximate surface area is 147 Å². The van der Waals surface area contributed by atoms with Crippen molar-refractivity contribution in [3.63, 3.8) is 0 Å². The quantitative estimate of drug-likeness (QED) is 0.861. The summed E-state index contributed by atoms with van der Waals surface area (Å²) >= 11 is 0. The smallest absolute Gasteiger partial charge is 0.317 e. The minimum absolute atomic E-state index is 0.0408. The van der Waals surface area contributed by atoms with Gasteiger partial charge in [-0.3, -0.25) is 4.79 Å². The van der Waals surface area contributed by atoms with Gasteiger partial charge in [0.2, 0.25) is 5.91 Å². The number of likely N-dealkylation sites (tertiary alicyclic amines) is 1. The number of carbonyl (C=O) groups excluding carboxylic acids is 2. The van der Waals surface area contributed by atoms with E-state index in [1.807, 2.05) is 15.9 Å². The molecule has 4 rings (SSSR count). The molecule has 3 aliphatic rings. The molecule has 0 bridgehead atoms. The summed E-state index contributed by atoms with van der Waals surface area (Å²) < 4.78 is 0. The molecule has 3 amide bonds. The Bertz CT molecular complexity index is 678. The fraction of sp³-hybridized carbons (Fsp3) is 0.579. The van der Waals surface area contributed by atoms with Crippen LogP contribution in [0.5, 0.6) is 5.75 Å². The van der Waals surface area contributed by atoms with E-state index in [-0.39, 0.29) is 23.7 Å². The van der Waals surface area contributed by atoms with Crippen molar-refractivity contribution in [2.75, 3.05) is 19.6 Å². The average Bonchev–Trinajstić information content (AvgIpc) is 3.46. The summed E-state index contributed by atoms with van der Waals surface area (Å²) in [6, 6.07) is 5.48. The summed E-state index contributed by atoms with van der Waals surface area (Å²) in [5.74, 6) is 0.821. The lowest BCUT2D eigenvalue weighted by molar-refractivity contribution is -0.133. The van der Waals surface area contributed by atoms with E-state index in [1.165, 1.54) is 5.56 Å². The zero-order chi connectivity index (χ0) is 17.4. The normalized spacial score (nSPS) is 21.0. The van der Waals surface area contributed by atoms with Crippen LogP contribution in [0.4, 0.5) is 4.79 Å². The SMILES string of the molecule is O=C(NC1CCN(C(=O)C2CC2)CC1)N1CCc2ccc(O)cc2C1. The molecule has 0 spiro atoms. The van der Waals surface area contributed by atoms with E-state index in [1.54, 1.807) is 12.1 Å². The van der Waals surface area contributed by atoms with Gasteiger partial charge >= 0.3 is 6.03 Å². The number of piperidine rings is 1. The molecule has 0 unspecified atom stereocenters. The van der Waals surface area contributed by atoms with Crippen molar-refractivity contribution in [3.8, 4) is 5.75 Å². The van der Waals surface area contributed by atoms with Crippen LogP contribution in [0.25, 0.3) is 0 Å². The highest BCUT2D eigenvalue weighted by Crippen LogP contribution is 2.32. The highest BCUT2D eigenvalue weighted by molar-refractivity contribution is 5.81. The molecule has 134 valence electrons. The van der Waals surface area contributed by atoms with E-state index in [9.17, 15) is 14.7 Å². The molecule has 0 atom stereocenters. The maximum Gasteiger partial charge on any atom is 0.317 e. The van der Waals surface area contributed by atoms with Crippen molar-refractivity contribution in [2.24, 2.45) is 5.92 Å². The minimum Gasteiger partial charge on any atom is -0.508 e. The first-order chi connectivity index (χ1) is 12.1. The van der Waals surface area contributed by atoms with Crippen LogP contribution in [0.3, 0.4) is 0 Å². The first-order valence-corrected chi connectivity index (χ1v) is 9.25. The van der Waals surface area contributed by atoms with E-state index in [0.29, 0.717) is 19.0 Å². The summed E-state index contributed by atoms with van der Waals surface area (Å²) in [7, 11) is 0. The van der Waals surface area contributed by atoms with Gasteiger partial charge in [-0.25, -0.2) is 4.79 Å². The number of hydrogen-bond donors (Lipinski definition) is 2. The van der Waals surface area contributed by atoms with Crippen molar-refractivity contribution < 1.29 is 14.7 Å². The van der Waals surface area contributed by atoms with Crippen molar-refractivity contribution in [1.29, 1.82) is 0 Å². The number of nitrogens with one attached hydrogen (secondary N) is 1. The molecule has 1 aliphatic carbocycles. The lowest BCUT2D eigenvalue weighted by Gasteiger charge is -2.35. The lowest BCUT2D eigenvalue weighted by Crippen LogP contribution is -2.51. The van der Waals surface area contributed by atoms with Gasteiger partial charge in [0.05, 0.1) is 0 Å². The molecular formula is C19H25N3O3. The standard InChI is InChI=1S/C19H25N3O3/c23-17-4-3-13-5-8-22(12-15(13)11-17)19(25)20-16-6-9-21(10-7-16)18(24)14-1-2-14/h3-4,11,14,16,23H,1-2,5-10,12H2,(H,20,25). The number of carbonyl (C=O) groups is 2. The second-order valence-electron chi connectivity index (χ2n) is 7.45. The van der Waals surface area contributed by atoms with Crippen molar-refractivity contribution in [2.45, 2.75) is 44.7 Å². The Morgan fingerprint density at radius 3 is 2.48 bits per heavy atom. The highest BCUT2D eigenvalue weighted by Gasteiger charge is 2.35. The Balaban J connectivity index is 1.29. The van der Waals surface area contributed by atoms with Crippen molar-refractivity contribution >= 4 is 11.9 Å². The molecule has 2 fully saturated rings. The van der Waals surface area contributed by atoms with E-state index < -0.39 is 0 Å². The number of amides is 3. The van der Waals surface area contributed by atoms with Crippen molar-refractivity contribution in [1.82, 2.24) is 15.1 Å². The van der Waals surface area contributed by atoms with Gasteiger partial charge in [-0.1, -0.05) is 6.07 Å². The molecule has 2 N–H and O–H groups in total. The Morgan fingerprint density at radius 1 is 1.00 bits per heavy atom. The second-order valence-corrected chi connectivity index (χ2v) is 7.45. The first kappa shape index (κ1) is 16.2. The van der Waals surface area contributed by atoms with Crippen LogP contribution in [0.1, 0.15) is 36.8 Å². The molecule has 6 nitrogen and oxygen atoms in total. The van der Waals surface area contributed by atoms with Gasteiger partial charge in [-0.15, -0.1) is 0 Å². The number of fused-ring (bicyclic) bond motifs is 1. The molecular weight excluding hydrogens is 318 g/mol. The molecule has 1 saturated carbocycles. The number of phenols is 1. The molecule has 2 heterocycles. The number of benzene rings is 1. The van der Waals surface area contributed by atoms with Crippen LogP contribution in [0.2, 0.25) is 0 Å². The number of urea groups is 1. The van der Waals surface area contributed by atoms with Gasteiger partial charge in [0.1, 0.15) is 5.75 Å². The third-order valence-electron chi connectivity index (χ3n) is 5.55. The predicted octanol–water partition coefficient (Wildman–Crippen LogP) is 1.86. The first-order valence-electron chi connectivity index (χ1n) is 9.25. The van der Waals surface area contributed by atoms with Crippen LogP contribution >= 0.6 is 0 Å². The minimum atomic E-state index is -0.0408. The van der Waals surface area contributed by atoms with E-state index >= 15 is 0 Å². The Kier molecular flexibility index (Phi) is 4.27. The van der Waals surface area contributed by atoms with Crippen LogP contribution in [0.15, 0.2) is 18.2 Å². The highest BCUT2D eigenvalue weighted by atomic mass is 16.3. The molecule has 0 radical (unpaired) electrons. The van der Waals surface area contributed by atoms with Crippen LogP contribution in [-0.2, 0) is 17.8 Å². The van der Waals surface area contributed by atoms with Gasteiger partial charge in [0.15, 0.2) is 0 Å². The monoisotopic (exact) mass is 343 g/mol. The zero-order valence-corrected chi connectivity index (χ0v) is 14.4. The van der Waals surface area contributed by atoms with E-state index in [2.05, 4.69) is 5.32 Å². The summed E-state index contributed by atoms with van der Waals surface area (Å²) in [6.45, 7) is 2.73. The molecule has 25 heavy (non-hydrogen) atoms. The fourth-order valence-corrected chi connectivity index (χ4v) is 3.82. The van der Waals surface area contributed by atoms with Gasteiger partial charge < -0.3 is 20.2 Å². The van der Waals surface area contributed by atoms with Gasteiger partial charge in [0, 0.05) is 38.1 Å². The van der Waals surface area contributed by atoms with E-state index in [4.69, 9.17) is 0 Å². The predicted molar refractivity (Wildman–Crippen MR) is 93.1 cm³/mol.